The van der Waals surface area contributed by atoms with Gasteiger partial charge in [-0.2, -0.15) is 10.5 Å². The summed E-state index contributed by atoms with van der Waals surface area (Å²) in [6, 6.07) is 9.09. The molecule has 5 heteroatoms. The zero-order valence-electron chi connectivity index (χ0n) is 6.60. The van der Waals surface area contributed by atoms with Crippen LogP contribution in [-0.2, 0) is 0 Å². The van der Waals surface area contributed by atoms with E-state index < -0.39 is 0 Å². The first-order valence-electron chi connectivity index (χ1n) is 3.64. The Morgan fingerprint density at radius 3 is 3.00 bits per heavy atom. The summed E-state index contributed by atoms with van der Waals surface area (Å²) in [5.74, 6) is 0.497. The van der Waals surface area contributed by atoms with Crippen LogP contribution in [-0.4, -0.2) is 20.6 Å². The van der Waals surface area contributed by atoms with Crippen LogP contribution < -0.4 is 0 Å². The van der Waals surface area contributed by atoms with Crippen molar-refractivity contribution in [1.82, 2.24) is 20.6 Å². The summed E-state index contributed by atoms with van der Waals surface area (Å²) >= 11 is 0. The average molecular weight is 171 g/mol. The van der Waals surface area contributed by atoms with E-state index in [9.17, 15) is 0 Å². The Hall–Kier alpha value is -2.22. The Morgan fingerprint density at radius 1 is 1.38 bits per heavy atom. The number of benzene rings is 1. The number of aromatic amines is 1. The van der Waals surface area contributed by atoms with E-state index >= 15 is 0 Å². The fraction of sp³-hybridized carbons (Fsp3) is 0. The van der Waals surface area contributed by atoms with E-state index in [1.807, 2.05) is 12.1 Å². The fourth-order valence-electron chi connectivity index (χ4n) is 1.01. The minimum atomic E-state index is 0.497. The van der Waals surface area contributed by atoms with Gasteiger partial charge in [0.25, 0.3) is 0 Å². The van der Waals surface area contributed by atoms with E-state index in [2.05, 4.69) is 20.6 Å². The second kappa shape index (κ2) is 3.03. The third-order valence-electron chi connectivity index (χ3n) is 1.60. The smallest absolute Gasteiger partial charge is 0.192 e. The molecule has 0 amide bonds. The lowest BCUT2D eigenvalue weighted by Crippen LogP contribution is -1.82. The topological polar surface area (TPSA) is 78.2 Å². The molecular weight excluding hydrogens is 166 g/mol. The van der Waals surface area contributed by atoms with Gasteiger partial charge in [-0.1, -0.05) is 12.1 Å². The van der Waals surface area contributed by atoms with Crippen molar-refractivity contribution in [3.8, 4) is 17.5 Å². The van der Waals surface area contributed by atoms with Gasteiger partial charge in [0.05, 0.1) is 11.6 Å². The molecule has 1 aromatic carbocycles. The molecule has 0 aliphatic heterocycles. The van der Waals surface area contributed by atoms with Crippen molar-refractivity contribution in [2.24, 2.45) is 0 Å². The summed E-state index contributed by atoms with van der Waals surface area (Å²) in [4.78, 5) is 0. The minimum Gasteiger partial charge on any atom is -0.192 e. The number of nitrogens with one attached hydrogen (secondary N) is 1. The maximum atomic E-state index is 8.65. The van der Waals surface area contributed by atoms with Crippen molar-refractivity contribution >= 4 is 0 Å². The van der Waals surface area contributed by atoms with Gasteiger partial charge < -0.3 is 0 Å². The Kier molecular flexibility index (Phi) is 1.73. The molecule has 0 unspecified atom stereocenters. The van der Waals surface area contributed by atoms with Gasteiger partial charge in [0.15, 0.2) is 0 Å². The molecule has 62 valence electrons. The van der Waals surface area contributed by atoms with Gasteiger partial charge in [0.2, 0.25) is 5.82 Å². The maximum Gasteiger partial charge on any atom is 0.204 e. The molecule has 0 spiro atoms. The van der Waals surface area contributed by atoms with Crippen LogP contribution in [0.5, 0.6) is 0 Å². The molecule has 0 saturated carbocycles. The van der Waals surface area contributed by atoms with Crippen LogP contribution in [0.25, 0.3) is 11.4 Å². The molecule has 0 bridgehead atoms. The molecule has 0 saturated heterocycles. The molecule has 0 aliphatic rings. The number of nitrogens with zero attached hydrogens (tertiary/aromatic N) is 4. The molecule has 0 atom stereocenters. The zero-order valence-corrected chi connectivity index (χ0v) is 6.60. The highest BCUT2D eigenvalue weighted by atomic mass is 15.5. The molecule has 0 aliphatic carbocycles. The van der Waals surface area contributed by atoms with Gasteiger partial charge in [-0.25, -0.2) is 0 Å². The summed E-state index contributed by atoms with van der Waals surface area (Å²) in [5, 5.41) is 22.0. The average Bonchev–Trinajstić information content (AvgIpc) is 2.71. The van der Waals surface area contributed by atoms with Crippen LogP contribution in [0.2, 0.25) is 0 Å². The molecule has 1 N–H and O–H groups in total. The SMILES string of the molecule is N#Cc1cccc(-c2nn[nH]n2)c1. The molecule has 0 radical (unpaired) electrons. The van der Waals surface area contributed by atoms with Crippen LogP contribution >= 0.6 is 0 Å². The predicted octanol–water partition coefficient (Wildman–Crippen LogP) is 0.738. The van der Waals surface area contributed by atoms with Crippen molar-refractivity contribution in [1.29, 1.82) is 5.26 Å². The second-order valence-corrected chi connectivity index (χ2v) is 2.43. The van der Waals surface area contributed by atoms with Crippen LogP contribution in [0.15, 0.2) is 24.3 Å². The number of rotatable bonds is 1. The van der Waals surface area contributed by atoms with Crippen molar-refractivity contribution in [3.63, 3.8) is 0 Å². The first-order chi connectivity index (χ1) is 6.40. The highest BCUT2D eigenvalue weighted by Gasteiger charge is 2.02. The van der Waals surface area contributed by atoms with Crippen LogP contribution in [0, 0.1) is 11.3 Å². The number of hydrogen-bond donors (Lipinski definition) is 1. The lowest BCUT2D eigenvalue weighted by Gasteiger charge is -1.92. The maximum absolute atomic E-state index is 8.65. The van der Waals surface area contributed by atoms with E-state index in [4.69, 9.17) is 5.26 Å². The molecule has 2 rings (SSSR count). The Bertz CT molecular complexity index is 440. The summed E-state index contributed by atoms with van der Waals surface area (Å²) in [6.07, 6.45) is 0. The van der Waals surface area contributed by atoms with Crippen molar-refractivity contribution in [2.75, 3.05) is 0 Å². The van der Waals surface area contributed by atoms with E-state index in [0.717, 1.165) is 5.56 Å². The van der Waals surface area contributed by atoms with Gasteiger partial charge in [0.1, 0.15) is 0 Å². The van der Waals surface area contributed by atoms with Gasteiger partial charge >= 0.3 is 0 Å². The minimum absolute atomic E-state index is 0.497. The van der Waals surface area contributed by atoms with E-state index in [1.54, 1.807) is 18.2 Å². The number of nitriles is 1. The van der Waals surface area contributed by atoms with Gasteiger partial charge in [-0.15, -0.1) is 10.2 Å². The first-order valence-corrected chi connectivity index (χ1v) is 3.64. The standard InChI is InChI=1S/C8H5N5/c9-5-6-2-1-3-7(4-6)8-10-12-13-11-8/h1-4H,(H,10,11,12,13). The summed E-state index contributed by atoms with van der Waals surface area (Å²) in [7, 11) is 0. The van der Waals surface area contributed by atoms with Gasteiger partial charge in [-0.3, -0.25) is 0 Å². The zero-order chi connectivity index (χ0) is 9.10. The van der Waals surface area contributed by atoms with Gasteiger partial charge in [0, 0.05) is 5.56 Å². The van der Waals surface area contributed by atoms with E-state index in [-0.39, 0.29) is 0 Å². The lowest BCUT2D eigenvalue weighted by atomic mass is 10.1. The Morgan fingerprint density at radius 2 is 2.31 bits per heavy atom. The molecular formula is C8H5N5. The molecule has 13 heavy (non-hydrogen) atoms. The third kappa shape index (κ3) is 1.37. The quantitative estimate of drug-likeness (QED) is 0.686. The lowest BCUT2D eigenvalue weighted by molar-refractivity contribution is 0.881. The van der Waals surface area contributed by atoms with Crippen LogP contribution in [0.4, 0.5) is 0 Å². The highest BCUT2D eigenvalue weighted by Crippen LogP contribution is 2.13. The number of tetrazole rings is 1. The summed E-state index contributed by atoms with van der Waals surface area (Å²) in [6.45, 7) is 0. The number of H-pyrrole nitrogens is 1. The van der Waals surface area contributed by atoms with E-state index in [1.165, 1.54) is 0 Å². The molecule has 5 nitrogen and oxygen atoms in total. The fourth-order valence-corrected chi connectivity index (χ4v) is 1.01. The highest BCUT2D eigenvalue weighted by molar-refractivity contribution is 5.56. The van der Waals surface area contributed by atoms with Crippen molar-refractivity contribution in [2.45, 2.75) is 0 Å². The summed E-state index contributed by atoms with van der Waals surface area (Å²) < 4.78 is 0. The van der Waals surface area contributed by atoms with E-state index in [0.29, 0.717) is 11.4 Å². The largest absolute Gasteiger partial charge is 0.204 e. The first kappa shape index (κ1) is 7.43. The number of aromatic nitrogens is 4. The third-order valence-corrected chi connectivity index (χ3v) is 1.60. The van der Waals surface area contributed by atoms with Crippen LogP contribution in [0.3, 0.4) is 0 Å². The van der Waals surface area contributed by atoms with Crippen molar-refractivity contribution < 1.29 is 0 Å². The monoisotopic (exact) mass is 171 g/mol. The second-order valence-electron chi connectivity index (χ2n) is 2.43. The molecule has 2 aromatic rings. The predicted molar refractivity (Wildman–Crippen MR) is 44.3 cm³/mol. The van der Waals surface area contributed by atoms with Gasteiger partial charge in [-0.05, 0) is 17.3 Å². The van der Waals surface area contributed by atoms with Crippen molar-refractivity contribution in [3.05, 3.63) is 29.8 Å². The van der Waals surface area contributed by atoms with Crippen LogP contribution in [0.1, 0.15) is 5.56 Å². The number of hydrogen-bond acceptors (Lipinski definition) is 4. The molecule has 0 fully saturated rings. The Balaban J connectivity index is 2.49. The summed E-state index contributed by atoms with van der Waals surface area (Å²) in [5.41, 5.74) is 1.37. The molecule has 1 aromatic heterocycles. The Labute approximate surface area is 74.0 Å². The molecule has 1 heterocycles. The normalized spacial score (nSPS) is 9.46.